The van der Waals surface area contributed by atoms with Crippen molar-refractivity contribution in [2.24, 2.45) is 0 Å². The van der Waals surface area contributed by atoms with Crippen LogP contribution in [-0.4, -0.2) is 34.1 Å². The van der Waals surface area contributed by atoms with Gasteiger partial charge in [-0.25, -0.2) is 9.59 Å². The number of rotatable bonds is 3. The number of aromatic carboxylic acids is 1. The molecule has 0 bridgehead atoms. The van der Waals surface area contributed by atoms with Gasteiger partial charge in [0.05, 0.1) is 11.3 Å². The minimum absolute atomic E-state index is 0.0811. The monoisotopic (exact) mass is 354 g/mol. The Bertz CT molecular complexity index is 562. The van der Waals surface area contributed by atoms with Crippen LogP contribution in [0.2, 0.25) is 0 Å². The van der Waals surface area contributed by atoms with Gasteiger partial charge in [-0.1, -0.05) is 13.0 Å². The number of amides is 2. The lowest BCUT2D eigenvalue weighted by molar-refractivity contribution is 0.0698. The van der Waals surface area contributed by atoms with Crippen LogP contribution in [-0.2, 0) is 0 Å². The molecule has 2 N–H and O–H groups in total. The van der Waals surface area contributed by atoms with Gasteiger partial charge in [-0.2, -0.15) is 0 Å². The molecule has 0 aliphatic carbocycles. The number of carbonyl (C=O) groups is 2. The van der Waals surface area contributed by atoms with Crippen LogP contribution in [0.25, 0.3) is 0 Å². The molecule has 0 aromatic heterocycles. The van der Waals surface area contributed by atoms with Gasteiger partial charge >= 0.3 is 12.0 Å². The van der Waals surface area contributed by atoms with Crippen LogP contribution < -0.4 is 5.32 Å². The van der Waals surface area contributed by atoms with Crippen molar-refractivity contribution in [3.05, 3.63) is 28.2 Å². The number of carbonyl (C=O) groups excluding carboxylic acids is 1. The van der Waals surface area contributed by atoms with Gasteiger partial charge in [0.2, 0.25) is 0 Å². The van der Waals surface area contributed by atoms with Gasteiger partial charge in [0.25, 0.3) is 0 Å². The van der Waals surface area contributed by atoms with E-state index in [1.54, 1.807) is 12.1 Å². The second-order valence-corrected chi connectivity index (χ2v) is 6.15. The number of anilines is 1. The number of carboxylic acids is 1. The summed E-state index contributed by atoms with van der Waals surface area (Å²) in [6, 6.07) is 4.99. The van der Waals surface area contributed by atoms with Gasteiger partial charge in [0.15, 0.2) is 0 Å². The maximum absolute atomic E-state index is 12.5. The molecule has 0 spiro atoms. The second kappa shape index (κ2) is 6.47. The smallest absolute Gasteiger partial charge is 0.337 e. The number of hydrogen-bond donors (Lipinski definition) is 2. The molecule has 1 saturated heterocycles. The third kappa shape index (κ3) is 3.20. The molecule has 2 atom stereocenters. The third-order valence-corrected chi connectivity index (χ3v) is 4.63. The van der Waals surface area contributed by atoms with Crippen molar-refractivity contribution in [3.63, 3.8) is 0 Å². The number of halogens is 1. The summed E-state index contributed by atoms with van der Waals surface area (Å²) < 4.78 is 0.565. The minimum Gasteiger partial charge on any atom is -0.478 e. The number of benzene rings is 1. The van der Waals surface area contributed by atoms with Gasteiger partial charge in [-0.05, 0) is 54.2 Å². The predicted octanol–water partition coefficient (Wildman–Crippen LogP) is 3.94. The van der Waals surface area contributed by atoms with Crippen LogP contribution >= 0.6 is 15.9 Å². The fourth-order valence-electron chi connectivity index (χ4n) is 2.84. The second-order valence-electron chi connectivity index (χ2n) is 5.29. The van der Waals surface area contributed by atoms with E-state index >= 15 is 0 Å². The Balaban J connectivity index is 2.26. The molecular weight excluding hydrogens is 336 g/mol. The average molecular weight is 355 g/mol. The summed E-state index contributed by atoms with van der Waals surface area (Å²) in [6.45, 7) is 4.08. The van der Waals surface area contributed by atoms with E-state index in [0.29, 0.717) is 10.2 Å². The Kier molecular flexibility index (Phi) is 4.88. The highest BCUT2D eigenvalue weighted by Crippen LogP contribution is 2.30. The number of nitrogens with one attached hydrogen (secondary N) is 1. The van der Waals surface area contributed by atoms with E-state index in [2.05, 4.69) is 28.2 Å². The Morgan fingerprint density at radius 2 is 2.14 bits per heavy atom. The van der Waals surface area contributed by atoms with E-state index in [1.807, 2.05) is 11.8 Å². The zero-order valence-electron chi connectivity index (χ0n) is 12.1. The van der Waals surface area contributed by atoms with Gasteiger partial charge in [-0.15, -0.1) is 0 Å². The number of para-hydroxylation sites is 1. The third-order valence-electron chi connectivity index (χ3n) is 3.97. The van der Waals surface area contributed by atoms with E-state index in [-0.39, 0.29) is 23.7 Å². The standard InChI is InChI=1S/C15H19BrN2O3/c1-3-10-8-7-9(2)18(10)15(21)17-13-11(14(19)20)5-4-6-12(13)16/h4-6,9-10H,3,7-8H2,1-2H3,(H,17,21)(H,19,20). The van der Waals surface area contributed by atoms with Crippen molar-refractivity contribution in [2.45, 2.75) is 45.2 Å². The fourth-order valence-corrected chi connectivity index (χ4v) is 3.30. The molecule has 5 nitrogen and oxygen atoms in total. The molecule has 114 valence electrons. The number of likely N-dealkylation sites (tertiary alicyclic amines) is 1. The van der Waals surface area contributed by atoms with E-state index in [4.69, 9.17) is 0 Å². The van der Waals surface area contributed by atoms with Crippen LogP contribution in [0.4, 0.5) is 10.5 Å². The molecule has 1 aromatic rings. The van der Waals surface area contributed by atoms with Crippen LogP contribution in [0.1, 0.15) is 43.5 Å². The normalized spacial score (nSPS) is 21.4. The van der Waals surface area contributed by atoms with E-state index in [1.165, 1.54) is 6.07 Å². The summed E-state index contributed by atoms with van der Waals surface area (Å²) in [5.74, 6) is -1.06. The molecule has 1 aromatic carbocycles. The lowest BCUT2D eigenvalue weighted by Gasteiger charge is -2.28. The average Bonchev–Trinajstić information content (AvgIpc) is 2.81. The molecular formula is C15H19BrN2O3. The number of hydrogen-bond acceptors (Lipinski definition) is 2. The molecule has 1 heterocycles. The van der Waals surface area contributed by atoms with Crippen molar-refractivity contribution >= 4 is 33.6 Å². The van der Waals surface area contributed by atoms with Crippen molar-refractivity contribution in [2.75, 3.05) is 5.32 Å². The molecule has 0 saturated carbocycles. The summed E-state index contributed by atoms with van der Waals surface area (Å²) in [5, 5.41) is 12.0. The summed E-state index contributed by atoms with van der Waals surface area (Å²) in [6.07, 6.45) is 2.88. The van der Waals surface area contributed by atoms with E-state index in [9.17, 15) is 14.7 Å². The number of carboxylic acid groups (broad SMARTS) is 1. The summed E-state index contributed by atoms with van der Waals surface area (Å²) >= 11 is 3.30. The number of urea groups is 1. The largest absolute Gasteiger partial charge is 0.478 e. The molecule has 2 amide bonds. The Labute approximate surface area is 132 Å². The molecule has 6 heteroatoms. The highest BCUT2D eigenvalue weighted by atomic mass is 79.9. The Morgan fingerprint density at radius 1 is 1.43 bits per heavy atom. The highest BCUT2D eigenvalue weighted by molar-refractivity contribution is 9.10. The maximum atomic E-state index is 12.5. The summed E-state index contributed by atoms with van der Waals surface area (Å²) in [5.41, 5.74) is 0.390. The van der Waals surface area contributed by atoms with E-state index < -0.39 is 5.97 Å². The first-order chi connectivity index (χ1) is 9.95. The first-order valence-electron chi connectivity index (χ1n) is 7.06. The van der Waals surface area contributed by atoms with Crippen molar-refractivity contribution in [1.29, 1.82) is 0 Å². The van der Waals surface area contributed by atoms with Gasteiger partial charge in [0, 0.05) is 16.6 Å². The molecule has 1 aliphatic rings. The van der Waals surface area contributed by atoms with Crippen molar-refractivity contribution in [1.82, 2.24) is 4.90 Å². The van der Waals surface area contributed by atoms with Crippen LogP contribution in [0, 0.1) is 0 Å². The molecule has 1 fully saturated rings. The van der Waals surface area contributed by atoms with Crippen molar-refractivity contribution < 1.29 is 14.7 Å². The first kappa shape index (κ1) is 15.8. The van der Waals surface area contributed by atoms with Gasteiger partial charge < -0.3 is 15.3 Å². The molecule has 2 rings (SSSR count). The van der Waals surface area contributed by atoms with Crippen LogP contribution in [0.15, 0.2) is 22.7 Å². The number of nitrogens with zero attached hydrogens (tertiary/aromatic N) is 1. The zero-order chi connectivity index (χ0) is 15.6. The zero-order valence-corrected chi connectivity index (χ0v) is 13.7. The molecule has 21 heavy (non-hydrogen) atoms. The van der Waals surface area contributed by atoms with Gasteiger partial charge in [-0.3, -0.25) is 0 Å². The maximum Gasteiger partial charge on any atom is 0.337 e. The predicted molar refractivity (Wildman–Crippen MR) is 84.7 cm³/mol. The quantitative estimate of drug-likeness (QED) is 0.863. The Hall–Kier alpha value is -1.56. The van der Waals surface area contributed by atoms with E-state index in [0.717, 1.165) is 19.3 Å². The first-order valence-corrected chi connectivity index (χ1v) is 7.86. The summed E-state index contributed by atoms with van der Waals surface area (Å²) in [4.78, 5) is 25.6. The molecule has 0 radical (unpaired) electrons. The van der Waals surface area contributed by atoms with Gasteiger partial charge in [0.1, 0.15) is 0 Å². The van der Waals surface area contributed by atoms with Crippen LogP contribution in [0.5, 0.6) is 0 Å². The highest BCUT2D eigenvalue weighted by Gasteiger charge is 2.33. The van der Waals surface area contributed by atoms with Crippen molar-refractivity contribution in [3.8, 4) is 0 Å². The molecule has 1 aliphatic heterocycles. The topological polar surface area (TPSA) is 69.6 Å². The SMILES string of the molecule is CCC1CCC(C)N1C(=O)Nc1c(Br)cccc1C(=O)O. The van der Waals surface area contributed by atoms with Crippen LogP contribution in [0.3, 0.4) is 0 Å². The fraction of sp³-hybridized carbons (Fsp3) is 0.467. The molecule has 2 unspecified atom stereocenters. The Morgan fingerprint density at radius 3 is 2.76 bits per heavy atom. The minimum atomic E-state index is -1.06. The lowest BCUT2D eigenvalue weighted by atomic mass is 10.1. The summed E-state index contributed by atoms with van der Waals surface area (Å²) in [7, 11) is 0. The lowest BCUT2D eigenvalue weighted by Crippen LogP contribution is -2.42.